The molecule has 9 heteroatoms. The van der Waals surface area contributed by atoms with E-state index in [-0.39, 0.29) is 19.1 Å². The molecule has 0 radical (unpaired) electrons. The molecule has 0 aliphatic carbocycles. The SMILES string of the molecule is CCCCCCCCCCCCCCCCCC/C=C/C(O)C(COP(=O)([O-])OCC[N+](C)(C)C)NC(=O)CCC. The van der Waals surface area contributed by atoms with Gasteiger partial charge in [0, 0.05) is 6.42 Å². The van der Waals surface area contributed by atoms with Crippen LogP contribution in [0, 0.1) is 0 Å². The molecule has 244 valence electrons. The zero-order chi connectivity index (χ0) is 30.8. The van der Waals surface area contributed by atoms with E-state index in [4.69, 9.17) is 9.05 Å². The van der Waals surface area contributed by atoms with E-state index < -0.39 is 20.0 Å². The van der Waals surface area contributed by atoms with Gasteiger partial charge in [0.1, 0.15) is 13.2 Å². The Labute approximate surface area is 252 Å². The minimum Gasteiger partial charge on any atom is -0.756 e. The molecule has 0 aromatic heterocycles. The van der Waals surface area contributed by atoms with Crippen LogP contribution in [0.4, 0.5) is 0 Å². The number of allylic oxidation sites excluding steroid dienone is 1. The first-order valence-electron chi connectivity index (χ1n) is 16.6. The van der Waals surface area contributed by atoms with Gasteiger partial charge in [0.05, 0.1) is 39.9 Å². The van der Waals surface area contributed by atoms with E-state index in [2.05, 4.69) is 12.2 Å². The minimum absolute atomic E-state index is 0.00109. The molecule has 0 aromatic carbocycles. The number of nitrogens with zero attached hydrogens (tertiary/aromatic N) is 1. The van der Waals surface area contributed by atoms with E-state index in [0.717, 1.165) is 19.3 Å². The zero-order valence-electron chi connectivity index (χ0n) is 27.2. The molecular formula is C32H65N2O6P. The number of amides is 1. The van der Waals surface area contributed by atoms with Crippen LogP contribution >= 0.6 is 7.82 Å². The van der Waals surface area contributed by atoms with Gasteiger partial charge in [-0.2, -0.15) is 0 Å². The van der Waals surface area contributed by atoms with Gasteiger partial charge in [-0.1, -0.05) is 122 Å². The Hall–Kier alpha value is -0.760. The zero-order valence-corrected chi connectivity index (χ0v) is 28.1. The summed E-state index contributed by atoms with van der Waals surface area (Å²) in [6.45, 7) is 4.26. The maximum absolute atomic E-state index is 12.2. The van der Waals surface area contributed by atoms with E-state index >= 15 is 0 Å². The van der Waals surface area contributed by atoms with Gasteiger partial charge in [-0.25, -0.2) is 0 Å². The van der Waals surface area contributed by atoms with Gasteiger partial charge in [0.15, 0.2) is 0 Å². The highest BCUT2D eigenvalue weighted by Crippen LogP contribution is 2.38. The van der Waals surface area contributed by atoms with Crippen LogP contribution in [-0.2, 0) is 18.4 Å². The Balaban J connectivity index is 4.11. The molecule has 3 atom stereocenters. The number of nitrogens with one attached hydrogen (secondary N) is 1. The molecule has 3 unspecified atom stereocenters. The highest BCUT2D eigenvalue weighted by molar-refractivity contribution is 7.45. The molecule has 2 N–H and O–H groups in total. The van der Waals surface area contributed by atoms with Crippen molar-refractivity contribution in [3.05, 3.63) is 12.2 Å². The number of hydrogen-bond acceptors (Lipinski definition) is 6. The first kappa shape index (κ1) is 40.2. The van der Waals surface area contributed by atoms with Crippen molar-refractivity contribution in [2.24, 2.45) is 0 Å². The fourth-order valence-corrected chi connectivity index (χ4v) is 5.27. The molecule has 0 fully saturated rings. The van der Waals surface area contributed by atoms with E-state index in [1.54, 1.807) is 6.08 Å². The summed E-state index contributed by atoms with van der Waals surface area (Å²) < 4.78 is 22.7. The Morgan fingerprint density at radius 2 is 1.32 bits per heavy atom. The molecule has 0 saturated heterocycles. The van der Waals surface area contributed by atoms with Gasteiger partial charge in [-0.05, 0) is 19.3 Å². The molecule has 0 spiro atoms. The van der Waals surface area contributed by atoms with Crippen molar-refractivity contribution in [1.29, 1.82) is 0 Å². The van der Waals surface area contributed by atoms with Gasteiger partial charge >= 0.3 is 0 Å². The molecule has 0 saturated carbocycles. The summed E-state index contributed by atoms with van der Waals surface area (Å²) in [5.41, 5.74) is 0. The highest BCUT2D eigenvalue weighted by atomic mass is 31.2. The van der Waals surface area contributed by atoms with Crippen molar-refractivity contribution in [1.82, 2.24) is 5.32 Å². The maximum Gasteiger partial charge on any atom is 0.268 e. The number of hydrogen-bond donors (Lipinski definition) is 2. The lowest BCUT2D eigenvalue weighted by Gasteiger charge is -2.29. The second-order valence-corrected chi connectivity index (χ2v) is 13.9. The van der Waals surface area contributed by atoms with Crippen LogP contribution < -0.4 is 10.2 Å². The summed E-state index contributed by atoms with van der Waals surface area (Å²) in [7, 11) is 1.25. The van der Waals surface area contributed by atoms with Crippen LogP contribution in [0.2, 0.25) is 0 Å². The van der Waals surface area contributed by atoms with Crippen molar-refractivity contribution in [2.45, 2.75) is 148 Å². The first-order chi connectivity index (χ1) is 19.5. The maximum atomic E-state index is 12.2. The number of phosphoric acid groups is 1. The molecule has 1 amide bonds. The lowest BCUT2D eigenvalue weighted by atomic mass is 10.0. The van der Waals surface area contributed by atoms with E-state index in [1.165, 1.54) is 89.9 Å². The molecule has 0 aliphatic rings. The van der Waals surface area contributed by atoms with Crippen LogP contribution in [0.25, 0.3) is 0 Å². The summed E-state index contributed by atoms with van der Waals surface area (Å²) in [4.78, 5) is 24.3. The lowest BCUT2D eigenvalue weighted by Crippen LogP contribution is -2.45. The molecule has 0 heterocycles. The fourth-order valence-electron chi connectivity index (χ4n) is 4.55. The topological polar surface area (TPSA) is 108 Å². The highest BCUT2D eigenvalue weighted by Gasteiger charge is 2.22. The first-order valence-corrected chi connectivity index (χ1v) is 18.0. The Morgan fingerprint density at radius 1 is 0.829 bits per heavy atom. The molecule has 0 aliphatic heterocycles. The fraction of sp³-hybridized carbons (Fsp3) is 0.906. The smallest absolute Gasteiger partial charge is 0.268 e. The molecule has 8 nitrogen and oxygen atoms in total. The number of carbonyl (C=O) groups is 1. The molecular weight excluding hydrogens is 539 g/mol. The normalized spacial score (nSPS) is 15.2. The largest absolute Gasteiger partial charge is 0.756 e. The van der Waals surface area contributed by atoms with Crippen LogP contribution in [0.1, 0.15) is 136 Å². The van der Waals surface area contributed by atoms with E-state index in [1.807, 2.05) is 34.1 Å². The third-order valence-electron chi connectivity index (χ3n) is 7.22. The Morgan fingerprint density at radius 3 is 1.78 bits per heavy atom. The number of aliphatic hydroxyl groups excluding tert-OH is 1. The van der Waals surface area contributed by atoms with Gasteiger partial charge in [0.25, 0.3) is 7.82 Å². The van der Waals surface area contributed by atoms with Gasteiger partial charge in [-0.3, -0.25) is 9.36 Å². The van der Waals surface area contributed by atoms with Gasteiger partial charge in [-0.15, -0.1) is 0 Å². The van der Waals surface area contributed by atoms with Crippen LogP contribution in [-0.4, -0.2) is 68.5 Å². The van der Waals surface area contributed by atoms with Gasteiger partial charge in [0.2, 0.25) is 5.91 Å². The Kier molecular flexibility index (Phi) is 25.2. The minimum atomic E-state index is -4.54. The average molecular weight is 605 g/mol. The number of phosphoric ester groups is 1. The number of likely N-dealkylation sites (N-methyl/N-ethyl adjacent to an activating group) is 1. The van der Waals surface area contributed by atoms with E-state index in [9.17, 15) is 19.4 Å². The van der Waals surface area contributed by atoms with Crippen molar-refractivity contribution in [3.8, 4) is 0 Å². The third-order valence-corrected chi connectivity index (χ3v) is 8.18. The monoisotopic (exact) mass is 604 g/mol. The average Bonchev–Trinajstić information content (AvgIpc) is 2.89. The summed E-state index contributed by atoms with van der Waals surface area (Å²) in [5.74, 6) is -0.252. The lowest BCUT2D eigenvalue weighted by molar-refractivity contribution is -0.870. The predicted molar refractivity (Wildman–Crippen MR) is 169 cm³/mol. The van der Waals surface area contributed by atoms with Crippen molar-refractivity contribution < 1.29 is 32.9 Å². The number of rotatable bonds is 29. The summed E-state index contributed by atoms with van der Waals surface area (Å²) >= 11 is 0. The molecule has 0 rings (SSSR count). The molecule has 0 bridgehead atoms. The summed E-state index contributed by atoms with van der Waals surface area (Å²) in [6.07, 6.45) is 25.5. The van der Waals surface area contributed by atoms with Gasteiger partial charge < -0.3 is 28.8 Å². The molecule has 0 aromatic rings. The van der Waals surface area contributed by atoms with Crippen LogP contribution in [0.15, 0.2) is 12.2 Å². The van der Waals surface area contributed by atoms with E-state index in [0.29, 0.717) is 23.9 Å². The Bertz CT molecular complexity index is 698. The number of aliphatic hydroxyl groups is 1. The summed E-state index contributed by atoms with van der Waals surface area (Å²) in [6, 6.07) is -0.875. The number of quaternary nitrogens is 1. The van der Waals surface area contributed by atoms with Crippen molar-refractivity contribution in [2.75, 3.05) is 40.9 Å². The predicted octanol–water partition coefficient (Wildman–Crippen LogP) is 7.05. The van der Waals surface area contributed by atoms with Crippen LogP contribution in [0.3, 0.4) is 0 Å². The second-order valence-electron chi connectivity index (χ2n) is 12.5. The quantitative estimate of drug-likeness (QED) is 0.0410. The second kappa shape index (κ2) is 25.7. The summed E-state index contributed by atoms with van der Waals surface area (Å²) in [5, 5.41) is 13.3. The van der Waals surface area contributed by atoms with Crippen LogP contribution in [0.5, 0.6) is 0 Å². The number of unbranched alkanes of at least 4 members (excludes halogenated alkanes) is 16. The van der Waals surface area contributed by atoms with Crippen molar-refractivity contribution >= 4 is 13.7 Å². The third kappa shape index (κ3) is 27.8. The van der Waals surface area contributed by atoms with Crippen molar-refractivity contribution in [3.63, 3.8) is 0 Å². The molecule has 41 heavy (non-hydrogen) atoms. The standard InChI is InChI=1S/C32H65N2O6P/c1-6-8-9-10-11-12-13-14-15-16-17-18-19-20-21-22-23-24-26-31(35)30(33-32(36)25-7-2)29-40-41(37,38)39-28-27-34(3,4)5/h24,26,30-31,35H,6-23,25,27-29H2,1-5H3,(H-,33,36,37,38)/b26-24+. The number of carbonyl (C=O) groups excluding carboxylic acids is 1.